The molecule has 3 rings (SSSR count). The molecular weight excluding hydrogens is 268 g/mol. The van der Waals surface area contributed by atoms with Crippen LogP contribution in [0.25, 0.3) is 11.5 Å². The zero-order valence-corrected chi connectivity index (χ0v) is 12.0. The van der Waals surface area contributed by atoms with E-state index in [1.807, 2.05) is 6.07 Å². The van der Waals surface area contributed by atoms with Gasteiger partial charge in [0.25, 0.3) is 5.91 Å². The van der Waals surface area contributed by atoms with Crippen LogP contribution in [0.5, 0.6) is 0 Å². The highest BCUT2D eigenvalue weighted by molar-refractivity contribution is 5.93. The van der Waals surface area contributed by atoms with Crippen molar-refractivity contribution in [3.63, 3.8) is 0 Å². The molecule has 1 aliphatic rings. The molecule has 3 heterocycles. The molecule has 0 radical (unpaired) electrons. The number of H-pyrrole nitrogens is 1. The highest BCUT2D eigenvalue weighted by Crippen LogP contribution is 2.17. The molecule has 6 nitrogen and oxygen atoms in total. The molecule has 112 valence electrons. The van der Waals surface area contributed by atoms with Crippen molar-refractivity contribution in [3.05, 3.63) is 30.2 Å². The van der Waals surface area contributed by atoms with Gasteiger partial charge in [-0.05, 0) is 38.1 Å². The highest BCUT2D eigenvalue weighted by atomic mass is 16.3. The van der Waals surface area contributed by atoms with E-state index >= 15 is 0 Å². The summed E-state index contributed by atoms with van der Waals surface area (Å²) in [6.07, 6.45) is 5.44. The van der Waals surface area contributed by atoms with Gasteiger partial charge < -0.3 is 14.6 Å². The number of furan rings is 1. The van der Waals surface area contributed by atoms with Gasteiger partial charge in [0.2, 0.25) is 0 Å². The van der Waals surface area contributed by atoms with Gasteiger partial charge >= 0.3 is 0 Å². The van der Waals surface area contributed by atoms with Crippen molar-refractivity contribution in [1.82, 2.24) is 20.4 Å². The maximum absolute atomic E-state index is 12.0. The summed E-state index contributed by atoms with van der Waals surface area (Å²) in [5.41, 5.74) is 1.10. The second-order valence-corrected chi connectivity index (χ2v) is 5.30. The molecular formula is C15H20N4O2. The summed E-state index contributed by atoms with van der Waals surface area (Å²) >= 11 is 0. The Morgan fingerprint density at radius 3 is 3.00 bits per heavy atom. The summed E-state index contributed by atoms with van der Waals surface area (Å²) in [5.74, 6) is 0.524. The van der Waals surface area contributed by atoms with Gasteiger partial charge in [-0.3, -0.25) is 9.89 Å². The molecule has 1 aliphatic heterocycles. The first-order chi connectivity index (χ1) is 10.3. The molecule has 0 atom stereocenters. The van der Waals surface area contributed by atoms with Crippen molar-refractivity contribution < 1.29 is 9.21 Å². The van der Waals surface area contributed by atoms with Crippen molar-refractivity contribution in [1.29, 1.82) is 0 Å². The number of carbonyl (C=O) groups excluding carboxylic acids is 1. The van der Waals surface area contributed by atoms with E-state index in [4.69, 9.17) is 4.42 Å². The van der Waals surface area contributed by atoms with Gasteiger partial charge in [0, 0.05) is 19.2 Å². The lowest BCUT2D eigenvalue weighted by molar-refractivity contribution is 0.0941. The van der Waals surface area contributed by atoms with Crippen LogP contribution < -0.4 is 5.32 Å². The fraction of sp³-hybridized carbons (Fsp3) is 0.467. The minimum Gasteiger partial charge on any atom is -0.463 e. The third-order valence-corrected chi connectivity index (χ3v) is 3.76. The molecule has 0 spiro atoms. The number of hydrogen-bond donors (Lipinski definition) is 2. The molecule has 6 heteroatoms. The number of nitrogens with one attached hydrogen (secondary N) is 2. The largest absolute Gasteiger partial charge is 0.463 e. The maximum Gasteiger partial charge on any atom is 0.271 e. The zero-order valence-electron chi connectivity index (χ0n) is 12.0. The highest BCUT2D eigenvalue weighted by Gasteiger charge is 2.13. The molecule has 2 N–H and O–H groups in total. The van der Waals surface area contributed by atoms with E-state index in [1.165, 1.54) is 19.3 Å². The first-order valence-electron chi connectivity index (χ1n) is 7.43. The molecule has 0 aromatic carbocycles. The number of aromatic amines is 1. The molecule has 1 fully saturated rings. The Labute approximate surface area is 123 Å². The summed E-state index contributed by atoms with van der Waals surface area (Å²) < 4.78 is 5.26. The Morgan fingerprint density at radius 2 is 2.24 bits per heavy atom. The fourth-order valence-corrected chi connectivity index (χ4v) is 2.60. The van der Waals surface area contributed by atoms with Crippen LogP contribution in [-0.2, 0) is 0 Å². The van der Waals surface area contributed by atoms with Gasteiger partial charge in [-0.25, -0.2) is 0 Å². The van der Waals surface area contributed by atoms with E-state index in [9.17, 15) is 4.79 Å². The summed E-state index contributed by atoms with van der Waals surface area (Å²) in [6.45, 7) is 3.84. The van der Waals surface area contributed by atoms with Crippen molar-refractivity contribution in [2.75, 3.05) is 26.2 Å². The molecule has 2 aromatic rings. The summed E-state index contributed by atoms with van der Waals surface area (Å²) in [7, 11) is 0. The van der Waals surface area contributed by atoms with Crippen LogP contribution in [0.3, 0.4) is 0 Å². The van der Waals surface area contributed by atoms with Crippen molar-refractivity contribution in [2.24, 2.45) is 0 Å². The Kier molecular flexibility index (Phi) is 4.35. The molecule has 0 bridgehead atoms. The average molecular weight is 288 g/mol. The molecule has 2 aromatic heterocycles. The van der Waals surface area contributed by atoms with E-state index in [0.29, 0.717) is 23.7 Å². The van der Waals surface area contributed by atoms with E-state index in [2.05, 4.69) is 20.4 Å². The Morgan fingerprint density at radius 1 is 1.38 bits per heavy atom. The topological polar surface area (TPSA) is 74.2 Å². The van der Waals surface area contributed by atoms with Crippen molar-refractivity contribution >= 4 is 5.91 Å². The number of piperidine rings is 1. The van der Waals surface area contributed by atoms with Gasteiger partial charge in [-0.15, -0.1) is 0 Å². The van der Waals surface area contributed by atoms with Gasteiger partial charge in [0.15, 0.2) is 11.5 Å². The lowest BCUT2D eigenvalue weighted by Crippen LogP contribution is -2.37. The standard InChI is InChI=1S/C15H20N4O2/c20-15(16-6-9-19-7-2-1-3-8-19)13-11-12(17-18-13)14-5-4-10-21-14/h4-5,10-11H,1-3,6-9H2,(H,16,20)(H,17,18). The molecule has 1 amide bonds. The number of hydrogen-bond acceptors (Lipinski definition) is 4. The van der Waals surface area contributed by atoms with Crippen LogP contribution in [0.2, 0.25) is 0 Å². The van der Waals surface area contributed by atoms with Crippen LogP contribution in [0.4, 0.5) is 0 Å². The Bertz CT molecular complexity index is 570. The van der Waals surface area contributed by atoms with Gasteiger partial charge in [0.1, 0.15) is 5.69 Å². The number of amides is 1. The first-order valence-corrected chi connectivity index (χ1v) is 7.43. The number of aromatic nitrogens is 2. The average Bonchev–Trinajstić information content (AvgIpc) is 3.19. The van der Waals surface area contributed by atoms with E-state index in [1.54, 1.807) is 18.4 Å². The number of likely N-dealkylation sites (tertiary alicyclic amines) is 1. The molecule has 0 aliphatic carbocycles. The summed E-state index contributed by atoms with van der Waals surface area (Å²) in [6, 6.07) is 5.33. The van der Waals surface area contributed by atoms with E-state index in [0.717, 1.165) is 19.6 Å². The lowest BCUT2D eigenvalue weighted by atomic mass is 10.1. The second kappa shape index (κ2) is 6.58. The minimum atomic E-state index is -0.152. The smallest absolute Gasteiger partial charge is 0.271 e. The van der Waals surface area contributed by atoms with Crippen LogP contribution >= 0.6 is 0 Å². The third kappa shape index (κ3) is 3.52. The van der Waals surface area contributed by atoms with Crippen LogP contribution in [-0.4, -0.2) is 47.2 Å². The minimum absolute atomic E-state index is 0.152. The van der Waals surface area contributed by atoms with Crippen LogP contribution in [0.1, 0.15) is 29.8 Å². The summed E-state index contributed by atoms with van der Waals surface area (Å²) in [4.78, 5) is 14.4. The van der Waals surface area contributed by atoms with Gasteiger partial charge in [0.05, 0.1) is 6.26 Å². The van der Waals surface area contributed by atoms with E-state index in [-0.39, 0.29) is 5.91 Å². The lowest BCUT2D eigenvalue weighted by Gasteiger charge is -2.26. The SMILES string of the molecule is O=C(NCCN1CCCCC1)c1cc(-c2ccco2)[nH]n1. The maximum atomic E-state index is 12.0. The van der Waals surface area contributed by atoms with Gasteiger partial charge in [-0.2, -0.15) is 5.10 Å². The predicted molar refractivity (Wildman–Crippen MR) is 78.9 cm³/mol. The van der Waals surface area contributed by atoms with Gasteiger partial charge in [-0.1, -0.05) is 6.42 Å². The molecule has 0 saturated carbocycles. The second-order valence-electron chi connectivity index (χ2n) is 5.30. The molecule has 1 saturated heterocycles. The quantitative estimate of drug-likeness (QED) is 0.881. The normalized spacial score (nSPS) is 16.0. The van der Waals surface area contributed by atoms with E-state index < -0.39 is 0 Å². The van der Waals surface area contributed by atoms with Crippen LogP contribution in [0, 0.1) is 0 Å². The number of nitrogens with zero attached hydrogens (tertiary/aromatic N) is 2. The number of carbonyl (C=O) groups is 1. The number of rotatable bonds is 5. The van der Waals surface area contributed by atoms with Crippen LogP contribution in [0.15, 0.2) is 28.9 Å². The van der Waals surface area contributed by atoms with Crippen molar-refractivity contribution in [3.8, 4) is 11.5 Å². The first kappa shape index (κ1) is 13.9. The van der Waals surface area contributed by atoms with Crippen molar-refractivity contribution in [2.45, 2.75) is 19.3 Å². The monoisotopic (exact) mass is 288 g/mol. The fourth-order valence-electron chi connectivity index (χ4n) is 2.60. The Balaban J connectivity index is 1.49. The third-order valence-electron chi connectivity index (χ3n) is 3.76. The Hall–Kier alpha value is -2.08. The zero-order chi connectivity index (χ0) is 14.5. The predicted octanol–water partition coefficient (Wildman–Crippen LogP) is 1.89. The molecule has 21 heavy (non-hydrogen) atoms. The molecule has 0 unspecified atom stereocenters. The summed E-state index contributed by atoms with van der Waals surface area (Å²) in [5, 5.41) is 9.75.